The Labute approximate surface area is 549 Å². The number of fused-ring (bicyclic) bond motifs is 2. The monoisotopic (exact) mass is 1360 g/mol. The van der Waals surface area contributed by atoms with E-state index in [1.807, 2.05) is 26.0 Å². The number of rotatable bonds is 22. The van der Waals surface area contributed by atoms with Gasteiger partial charge in [0.05, 0.1) is 37.9 Å². The van der Waals surface area contributed by atoms with E-state index in [2.05, 4.69) is 21.1 Å². The number of aryl methyl sites for hydroxylation is 2. The molecule has 0 aliphatic heterocycles. The van der Waals surface area contributed by atoms with Gasteiger partial charge in [-0.05, 0) is 76.6 Å². The number of quaternary nitrogens is 1. The van der Waals surface area contributed by atoms with Crippen molar-refractivity contribution < 1.29 is 118 Å². The molecule has 2 atom stereocenters. The first-order chi connectivity index (χ1) is 44.1. The number of hydrogen-bond donors (Lipinski definition) is 5. The van der Waals surface area contributed by atoms with Crippen molar-refractivity contribution in [2.75, 3.05) is 61.5 Å². The summed E-state index contributed by atoms with van der Waals surface area (Å²) in [5.41, 5.74) is 2.21. The maximum atomic E-state index is 13.9. The van der Waals surface area contributed by atoms with Crippen LogP contribution in [-0.2, 0) is 38.2 Å². The zero-order valence-corrected chi connectivity index (χ0v) is 53.0. The van der Waals surface area contributed by atoms with Crippen molar-refractivity contribution >= 4 is 73.2 Å². The number of carbonyl (C=O) groups is 5. The molecule has 2 unspecified atom stereocenters. The Hall–Kier alpha value is -10.7. The lowest BCUT2D eigenvalue weighted by Gasteiger charge is -2.25. The second-order valence-corrected chi connectivity index (χ2v) is 22.4. The van der Waals surface area contributed by atoms with Crippen molar-refractivity contribution in [3.05, 3.63) is 181 Å². The number of benzene rings is 6. The number of methoxy groups -OCH3 is 1. The first kappa shape index (κ1) is 81.4. The second-order valence-electron chi connectivity index (χ2n) is 20.8. The summed E-state index contributed by atoms with van der Waals surface area (Å²) < 4.78 is 98.8. The lowest BCUT2D eigenvalue weighted by atomic mass is 10.0. The minimum atomic E-state index is -4.06. The highest BCUT2D eigenvalue weighted by atomic mass is 32.2. The highest BCUT2D eigenvalue weighted by Crippen LogP contribution is 2.33. The predicted molar refractivity (Wildman–Crippen MR) is 344 cm³/mol. The van der Waals surface area contributed by atoms with Crippen LogP contribution in [0.5, 0.6) is 40.2 Å². The fraction of sp³-hybridized carbons (Fsp3) is 0.284. The molecule has 0 fully saturated rings. The van der Waals surface area contributed by atoms with E-state index in [1.165, 1.54) is 62.6 Å². The van der Waals surface area contributed by atoms with Gasteiger partial charge in [-0.3, -0.25) is 37.4 Å². The van der Waals surface area contributed by atoms with E-state index >= 15 is 0 Å². The van der Waals surface area contributed by atoms with Crippen LogP contribution in [0.15, 0.2) is 139 Å². The molecule has 0 spiro atoms. The number of phenolic OH excluding ortho intramolecular Hbond substituents is 3. The van der Waals surface area contributed by atoms with E-state index in [9.17, 15) is 61.0 Å². The van der Waals surface area contributed by atoms with Crippen LogP contribution in [-0.4, -0.2) is 143 Å². The van der Waals surface area contributed by atoms with E-state index in [0.717, 1.165) is 54.1 Å². The molecule has 2 heterocycles. The summed E-state index contributed by atoms with van der Waals surface area (Å²) >= 11 is 0. The van der Waals surface area contributed by atoms with Crippen LogP contribution >= 0.6 is 0 Å². The number of aromatic hydroxyl groups is 3. The summed E-state index contributed by atoms with van der Waals surface area (Å²) in [7, 11) is 3.71. The van der Waals surface area contributed by atoms with Gasteiger partial charge in [0.2, 0.25) is 5.76 Å². The third-order valence-electron chi connectivity index (χ3n) is 12.5. The van der Waals surface area contributed by atoms with Crippen molar-refractivity contribution in [2.24, 2.45) is 0 Å². The number of halogens is 2. The number of aromatic carboxylic acids is 1. The molecular formula is C67H74F2NO25S+. The van der Waals surface area contributed by atoms with Crippen LogP contribution in [0.3, 0.4) is 0 Å². The maximum Gasteiger partial charge on any atom is 0.373 e. The van der Waals surface area contributed by atoms with E-state index in [-0.39, 0.29) is 108 Å². The number of ether oxygens (including phenoxy) is 6. The van der Waals surface area contributed by atoms with E-state index in [4.69, 9.17) is 66.3 Å². The Morgan fingerprint density at radius 3 is 1.71 bits per heavy atom. The Morgan fingerprint density at radius 2 is 1.16 bits per heavy atom. The molecule has 8 aromatic rings. The molecular weight excluding hydrogens is 1290 g/mol. The molecule has 0 amide bonds. The van der Waals surface area contributed by atoms with E-state index in [0.29, 0.717) is 21.4 Å². The Morgan fingerprint density at radius 1 is 0.615 bits per heavy atom. The standard InChI is InChI=1S/C22H15FO9.C20H22O8S.C14H22NO3.C8H7FO3.CO2.2CH4/c23-11-6-17(21-14(26)8-19(22(27)28)32-18(21)7-11)31-10-12(24)9-30-16-3-1-2-15-20(16)13(25)4-5-29-15;1-13-7-9-17(10-8-13)29(24,25)27-12-16(28-15(3)22)11-26-19-6-4-5-18(23)20(19)14(2)21;1-10-7-12(15(3,4)5)8-13(18-9-17-6)14(10)11(2)16;1-4(10)8-6(11)2-5(9)3-7(8)12;2-1-3;;/h1-8,12,24H,9-10H2,(H,27,28);4-10,16,23H,11-12H2,1-3H3;7-8H,9H2,1-6H3;2-3,11-12H,1H3;;2*1H4/q;;+1;;;;/i23-1;;;9-1;;;. The summed E-state index contributed by atoms with van der Waals surface area (Å²) in [4.78, 5) is 97.1. The molecule has 0 bridgehead atoms. The van der Waals surface area contributed by atoms with Crippen molar-refractivity contribution in [1.82, 2.24) is 4.48 Å². The number of carbonyl (C=O) groups excluding carboxylic acids is 6. The summed E-state index contributed by atoms with van der Waals surface area (Å²) in [6.07, 6.45) is -0.768. The zero-order valence-electron chi connectivity index (χ0n) is 52.2. The molecule has 8 rings (SSSR count). The third-order valence-corrected chi connectivity index (χ3v) is 13.8. The molecule has 5 N–H and O–H groups in total. The molecule has 2 aromatic heterocycles. The number of aliphatic hydroxyl groups is 1. The van der Waals surface area contributed by atoms with Gasteiger partial charge in [-0.2, -0.15) is 18.0 Å². The van der Waals surface area contributed by atoms with Crippen LogP contribution in [0.1, 0.15) is 95.3 Å². The lowest BCUT2D eigenvalue weighted by Crippen LogP contribution is -2.35. The first-order valence-corrected chi connectivity index (χ1v) is 28.9. The normalized spacial score (nSPS) is 11.2. The molecule has 0 aliphatic carbocycles. The fourth-order valence-corrected chi connectivity index (χ4v) is 9.24. The third kappa shape index (κ3) is 23.7. The molecule has 0 saturated carbocycles. The van der Waals surface area contributed by atoms with Crippen molar-refractivity contribution in [1.29, 1.82) is 0 Å². The predicted octanol–water partition coefficient (Wildman–Crippen LogP) is 9.68. The van der Waals surface area contributed by atoms with Crippen LogP contribution < -0.4 is 34.3 Å². The smallest absolute Gasteiger partial charge is 0.373 e. The first-order valence-electron chi connectivity index (χ1n) is 27.5. The fourth-order valence-electron chi connectivity index (χ4n) is 8.30. The molecule has 26 nitrogen and oxygen atoms in total. The summed E-state index contributed by atoms with van der Waals surface area (Å²) in [6.45, 7) is 7.60. The Bertz CT molecular complexity index is 4280. The Balaban J connectivity index is 0.000000449. The van der Waals surface area contributed by atoms with Gasteiger partial charge in [0.25, 0.3) is 10.1 Å². The van der Waals surface area contributed by atoms with E-state index in [1.54, 1.807) is 38.3 Å². The average molecular weight is 1360 g/mol. The summed E-state index contributed by atoms with van der Waals surface area (Å²) in [5.74, 6) is -6.00. The zero-order chi connectivity index (χ0) is 70.4. The van der Waals surface area contributed by atoms with Gasteiger partial charge < -0.3 is 62.8 Å². The largest absolute Gasteiger partial charge is 0.507 e. The van der Waals surface area contributed by atoms with Crippen molar-refractivity contribution in [3.8, 4) is 40.2 Å². The maximum absolute atomic E-state index is 13.9. The van der Waals surface area contributed by atoms with Crippen molar-refractivity contribution in [2.45, 2.75) is 73.5 Å². The van der Waals surface area contributed by atoms with Crippen molar-refractivity contribution in [3.63, 3.8) is 0 Å². The number of phenols is 3. The number of hydrogen-bond acceptors (Lipinski definition) is 24. The highest BCUT2D eigenvalue weighted by molar-refractivity contribution is 7.86. The molecule has 516 valence electrons. The number of nitrogens with zero attached hydrogens (tertiary/aromatic N) is 1. The van der Waals surface area contributed by atoms with Gasteiger partial charge in [0, 0.05) is 62.6 Å². The van der Waals surface area contributed by atoms with Gasteiger partial charge in [-0.25, -0.2) is 13.6 Å². The second kappa shape index (κ2) is 37.3. The van der Waals surface area contributed by atoms with Gasteiger partial charge in [0.15, 0.2) is 41.1 Å². The number of ketones is 3. The molecule has 0 aliphatic rings. The number of Topliss-reactive ketones (excluding diaryl/α,β-unsaturated/α-hetero) is 3. The summed E-state index contributed by atoms with van der Waals surface area (Å²) in [6, 6.07) is 24.4. The van der Waals surface area contributed by atoms with Gasteiger partial charge >= 0.3 is 18.1 Å². The number of carboxylic acid groups (broad SMARTS) is 1. The lowest BCUT2D eigenvalue weighted by molar-refractivity contribution is -0.191. The topological polar surface area (TPSA) is 380 Å². The minimum Gasteiger partial charge on any atom is -0.507 e. The number of esters is 1. The van der Waals surface area contributed by atoms with Crippen LogP contribution in [0.2, 0.25) is 0 Å². The van der Waals surface area contributed by atoms with Crippen LogP contribution in [0.25, 0.3) is 21.9 Å². The molecule has 29 heteroatoms. The highest BCUT2D eigenvalue weighted by Gasteiger charge is 2.25. The number of carboxylic acids is 1. The quantitative estimate of drug-likeness (QED) is 0.0138. The van der Waals surface area contributed by atoms with E-state index < -0.39 is 93.4 Å². The molecule has 0 radical (unpaired) electrons. The molecule has 96 heavy (non-hydrogen) atoms. The van der Waals surface area contributed by atoms with Crippen LogP contribution in [0.4, 0.5) is 14.5 Å². The molecule has 0 saturated heterocycles. The van der Waals surface area contributed by atoms with Crippen LogP contribution in [0, 0.1) is 25.5 Å². The van der Waals surface area contributed by atoms with Gasteiger partial charge in [-0.15, -0.1) is 0 Å². The minimum absolute atomic E-state index is 0. The molecule has 6 aromatic carbocycles. The number of aliphatic hydroxyl groups excluding tert-OH is 1. The SMILES string of the molecule is C.C.CC(=O)OC(COc1cccc(O)c1C(C)=O)COS(=O)(=O)c1ccc(C)cc1.CC(=O)c1c(O)cc([18F])cc1O.COCOc1cc([N+](C)(C)C)cc(C)c1C(C)=O.O=C(O)c1cc(=O)c2c(OCC(O)COc3cccc4occc(=O)c34)cc([18F])cc2o1.O=C=O. The van der Waals surface area contributed by atoms with Gasteiger partial charge in [-0.1, -0.05) is 44.7 Å². The Kier molecular flexibility index (Phi) is 31.6. The van der Waals surface area contributed by atoms with Gasteiger partial charge in [0.1, 0.15) is 123 Å². The average Bonchev–Trinajstić information content (AvgIpc) is 0.877. The summed E-state index contributed by atoms with van der Waals surface area (Å²) in [5, 5.41) is 47.1.